The van der Waals surface area contributed by atoms with E-state index in [0.717, 1.165) is 6.07 Å². The van der Waals surface area contributed by atoms with Crippen LogP contribution in [0, 0.1) is 11.6 Å². The smallest absolute Gasteiger partial charge is 0.409 e. The number of nitrogens with one attached hydrogen (secondary N) is 1. The highest BCUT2D eigenvalue weighted by Gasteiger charge is 2.51. The summed E-state index contributed by atoms with van der Waals surface area (Å²) in [4.78, 5) is 37.6. The van der Waals surface area contributed by atoms with Gasteiger partial charge in [0.1, 0.15) is 11.2 Å². The zero-order chi connectivity index (χ0) is 24.9. The molecule has 180 valence electrons. The van der Waals surface area contributed by atoms with Crippen LogP contribution in [0.5, 0.6) is 0 Å². The van der Waals surface area contributed by atoms with E-state index in [-0.39, 0.29) is 18.5 Å². The van der Waals surface area contributed by atoms with Crippen molar-refractivity contribution in [1.29, 1.82) is 0 Å². The molecule has 0 radical (unpaired) electrons. The van der Waals surface area contributed by atoms with E-state index >= 15 is 0 Å². The number of carbonyl (C=O) groups excluding carboxylic acids is 2. The number of hydrogen-bond acceptors (Lipinski definition) is 6. The molecular formula is C22H32F2N2O6. The average molecular weight is 459 g/mol. The fourth-order valence-corrected chi connectivity index (χ4v) is 2.93. The molecule has 0 aliphatic heterocycles. The molecule has 10 heteroatoms. The number of halogens is 2. The Kier molecular flexibility index (Phi) is 8.74. The lowest BCUT2D eigenvalue weighted by atomic mass is 9.85. The van der Waals surface area contributed by atoms with Gasteiger partial charge in [0.15, 0.2) is 11.6 Å². The van der Waals surface area contributed by atoms with Gasteiger partial charge >= 0.3 is 18.0 Å². The number of amides is 1. The number of esters is 1. The van der Waals surface area contributed by atoms with Crippen LogP contribution >= 0.6 is 0 Å². The maximum absolute atomic E-state index is 14.3. The van der Waals surface area contributed by atoms with Gasteiger partial charge in [-0.3, -0.25) is 5.32 Å². The molecule has 4 N–H and O–H groups in total. The minimum absolute atomic E-state index is 0.0618. The predicted molar refractivity (Wildman–Crippen MR) is 113 cm³/mol. The van der Waals surface area contributed by atoms with Crippen molar-refractivity contribution in [1.82, 2.24) is 5.32 Å². The molecule has 1 aromatic rings. The largest absolute Gasteiger partial charge is 0.479 e. The van der Waals surface area contributed by atoms with Crippen molar-refractivity contribution in [3.05, 3.63) is 35.4 Å². The number of carbonyl (C=O) groups is 3. The van der Waals surface area contributed by atoms with Gasteiger partial charge in [-0.05, 0) is 78.5 Å². The summed E-state index contributed by atoms with van der Waals surface area (Å²) in [5.41, 5.74) is 1.10. The SMILES string of the molecule is CC(C)(C)OC(=O)N[C@](CCC(CN)c1cccc(F)c1F)(C(=O)O)C(=O)OC(C)(C)C. The highest BCUT2D eigenvalue weighted by molar-refractivity contribution is 6.06. The van der Waals surface area contributed by atoms with Crippen molar-refractivity contribution in [2.24, 2.45) is 5.73 Å². The molecule has 0 spiro atoms. The molecule has 8 nitrogen and oxygen atoms in total. The van der Waals surface area contributed by atoms with Crippen LogP contribution in [0.4, 0.5) is 13.6 Å². The number of hydrogen-bond donors (Lipinski definition) is 3. The maximum Gasteiger partial charge on any atom is 0.409 e. The minimum atomic E-state index is -2.53. The number of aliphatic carboxylic acids is 1. The van der Waals surface area contributed by atoms with Crippen LogP contribution in [0.25, 0.3) is 0 Å². The number of benzene rings is 1. The van der Waals surface area contributed by atoms with Gasteiger partial charge in [0.05, 0.1) is 0 Å². The predicted octanol–water partition coefficient (Wildman–Crippen LogP) is 3.48. The fraction of sp³-hybridized carbons (Fsp3) is 0.591. The van der Waals surface area contributed by atoms with E-state index in [2.05, 4.69) is 5.32 Å². The highest BCUT2D eigenvalue weighted by atomic mass is 19.2. The molecule has 0 aromatic heterocycles. The molecule has 1 rings (SSSR count). The topological polar surface area (TPSA) is 128 Å². The second-order valence-corrected chi connectivity index (χ2v) is 9.45. The normalized spacial score (nSPS) is 14.8. The van der Waals surface area contributed by atoms with Crippen LogP contribution in [-0.2, 0) is 19.1 Å². The first kappa shape index (κ1) is 27.3. The second kappa shape index (κ2) is 10.2. The summed E-state index contributed by atoms with van der Waals surface area (Å²) in [7, 11) is 0. The van der Waals surface area contributed by atoms with Crippen molar-refractivity contribution in [2.45, 2.75) is 77.0 Å². The highest BCUT2D eigenvalue weighted by Crippen LogP contribution is 2.29. The number of carboxylic acids is 1. The Morgan fingerprint density at radius 2 is 1.62 bits per heavy atom. The first-order chi connectivity index (χ1) is 14.5. The van der Waals surface area contributed by atoms with Crippen LogP contribution < -0.4 is 11.1 Å². The summed E-state index contributed by atoms with van der Waals surface area (Å²) in [6, 6.07) is 3.57. The third-order valence-electron chi connectivity index (χ3n) is 4.40. The van der Waals surface area contributed by atoms with Crippen LogP contribution in [0.1, 0.15) is 65.9 Å². The van der Waals surface area contributed by atoms with Crippen molar-refractivity contribution >= 4 is 18.0 Å². The standard InChI is InChI=1S/C22H32F2N2O6/c1-20(2,3)31-18(29)22(17(27)28,26-19(30)32-21(4,5)6)11-10-13(12-25)14-8-7-9-15(23)16(14)24/h7-9,13H,10-12,25H2,1-6H3,(H,26,30)(H,27,28)/t13?,22-/m1/s1. The average Bonchev–Trinajstić information content (AvgIpc) is 2.61. The van der Waals surface area contributed by atoms with E-state index in [1.807, 2.05) is 0 Å². The molecule has 0 bridgehead atoms. The van der Waals surface area contributed by atoms with Crippen LogP contribution in [0.15, 0.2) is 18.2 Å². The summed E-state index contributed by atoms with van der Waals surface area (Å²) >= 11 is 0. The fourth-order valence-electron chi connectivity index (χ4n) is 2.93. The van der Waals surface area contributed by atoms with Crippen LogP contribution in [0.2, 0.25) is 0 Å². The molecule has 0 saturated heterocycles. The van der Waals surface area contributed by atoms with Crippen molar-refractivity contribution in [3.8, 4) is 0 Å². The van der Waals surface area contributed by atoms with Gasteiger partial charge in [-0.1, -0.05) is 12.1 Å². The van der Waals surface area contributed by atoms with Crippen molar-refractivity contribution in [3.63, 3.8) is 0 Å². The Balaban J connectivity index is 3.33. The van der Waals surface area contributed by atoms with Gasteiger partial charge < -0.3 is 20.3 Å². The number of carboxylic acid groups (broad SMARTS) is 1. The van der Waals surface area contributed by atoms with E-state index in [4.69, 9.17) is 15.2 Å². The molecule has 0 saturated carbocycles. The summed E-state index contributed by atoms with van der Waals surface area (Å²) in [6.07, 6.45) is -1.82. The molecule has 0 heterocycles. The first-order valence-electron chi connectivity index (χ1n) is 10.1. The molecule has 1 unspecified atom stereocenters. The van der Waals surface area contributed by atoms with Gasteiger partial charge in [0.25, 0.3) is 0 Å². The lowest BCUT2D eigenvalue weighted by Crippen LogP contribution is -2.62. The summed E-state index contributed by atoms with van der Waals surface area (Å²) in [5, 5.41) is 12.1. The van der Waals surface area contributed by atoms with Crippen LogP contribution in [-0.4, -0.2) is 46.4 Å². The Bertz CT molecular complexity index is 848. The number of rotatable bonds is 8. The molecule has 1 aromatic carbocycles. The Hall–Kier alpha value is -2.75. The quantitative estimate of drug-likeness (QED) is 0.402. The molecular weight excluding hydrogens is 426 g/mol. The minimum Gasteiger partial charge on any atom is -0.479 e. The van der Waals surface area contributed by atoms with E-state index in [1.54, 1.807) is 20.8 Å². The van der Waals surface area contributed by atoms with E-state index < -0.39 is 58.7 Å². The lowest BCUT2D eigenvalue weighted by Gasteiger charge is -2.33. The zero-order valence-corrected chi connectivity index (χ0v) is 19.3. The van der Waals surface area contributed by atoms with Gasteiger partial charge in [-0.25, -0.2) is 23.2 Å². The zero-order valence-electron chi connectivity index (χ0n) is 19.3. The van der Waals surface area contributed by atoms with Gasteiger partial charge in [0, 0.05) is 0 Å². The number of ether oxygens (including phenoxy) is 2. The van der Waals surface area contributed by atoms with Crippen LogP contribution in [0.3, 0.4) is 0 Å². The monoisotopic (exact) mass is 458 g/mol. The molecule has 0 aliphatic carbocycles. The van der Waals surface area contributed by atoms with E-state index in [9.17, 15) is 28.3 Å². The molecule has 1 amide bonds. The number of nitrogens with two attached hydrogens (primary N) is 1. The van der Waals surface area contributed by atoms with E-state index in [1.165, 1.54) is 32.9 Å². The Morgan fingerprint density at radius 3 is 2.09 bits per heavy atom. The maximum atomic E-state index is 14.3. The summed E-state index contributed by atoms with van der Waals surface area (Å²) in [6.45, 7) is 9.16. The molecule has 0 fully saturated rings. The molecule has 0 aliphatic rings. The third kappa shape index (κ3) is 7.44. The molecule has 32 heavy (non-hydrogen) atoms. The summed E-state index contributed by atoms with van der Waals surface area (Å²) in [5.74, 6) is -5.93. The van der Waals surface area contributed by atoms with Crippen molar-refractivity contribution < 1.29 is 37.7 Å². The Morgan fingerprint density at radius 1 is 1.06 bits per heavy atom. The first-order valence-corrected chi connectivity index (χ1v) is 10.1. The number of alkyl carbamates (subject to hydrolysis) is 1. The van der Waals surface area contributed by atoms with E-state index in [0.29, 0.717) is 0 Å². The summed E-state index contributed by atoms with van der Waals surface area (Å²) < 4.78 is 38.3. The van der Waals surface area contributed by atoms with Crippen molar-refractivity contribution in [2.75, 3.05) is 6.54 Å². The lowest BCUT2D eigenvalue weighted by molar-refractivity contribution is -0.171. The van der Waals surface area contributed by atoms with Gasteiger partial charge in [0.2, 0.25) is 5.54 Å². The van der Waals surface area contributed by atoms with Gasteiger partial charge in [-0.2, -0.15) is 0 Å². The Labute approximate surface area is 186 Å². The van der Waals surface area contributed by atoms with Gasteiger partial charge in [-0.15, -0.1) is 0 Å². The second-order valence-electron chi connectivity index (χ2n) is 9.45. The third-order valence-corrected chi connectivity index (χ3v) is 4.40. The molecule has 2 atom stereocenters.